The van der Waals surface area contributed by atoms with Gasteiger partial charge in [-0.25, -0.2) is 0 Å². The molecule has 1 amide bonds. The molecule has 0 bridgehead atoms. The lowest BCUT2D eigenvalue weighted by atomic mass is 9.87. The van der Waals surface area contributed by atoms with E-state index < -0.39 is 0 Å². The summed E-state index contributed by atoms with van der Waals surface area (Å²) in [7, 11) is 0. The molecule has 1 aromatic rings. The van der Waals surface area contributed by atoms with Gasteiger partial charge < -0.3 is 10.1 Å². The molecule has 1 saturated heterocycles. The van der Waals surface area contributed by atoms with Crippen molar-refractivity contribution in [3.05, 3.63) is 17.5 Å². The highest BCUT2D eigenvalue weighted by Crippen LogP contribution is 2.33. The van der Waals surface area contributed by atoms with Crippen molar-refractivity contribution in [2.45, 2.75) is 70.9 Å². The van der Waals surface area contributed by atoms with Crippen molar-refractivity contribution in [2.24, 2.45) is 0 Å². The highest BCUT2D eigenvalue weighted by atomic mass is 16.5. The van der Waals surface area contributed by atoms with Gasteiger partial charge in [-0.15, -0.1) is 0 Å². The Morgan fingerprint density at radius 1 is 1.23 bits per heavy atom. The predicted octanol–water partition coefficient (Wildman–Crippen LogP) is 2.76. The third-order valence-electron chi connectivity index (χ3n) is 5.94. The zero-order chi connectivity index (χ0) is 18.4. The molecule has 0 aromatic carbocycles. The largest absolute Gasteiger partial charge is 0.379 e. The molecule has 0 spiro atoms. The topological polar surface area (TPSA) is 59.4 Å². The minimum Gasteiger partial charge on any atom is -0.379 e. The van der Waals surface area contributed by atoms with E-state index in [0.29, 0.717) is 5.56 Å². The van der Waals surface area contributed by atoms with Gasteiger partial charge in [-0.1, -0.05) is 32.6 Å². The molecule has 0 radical (unpaired) electrons. The first kappa shape index (κ1) is 19.4. The first-order chi connectivity index (χ1) is 12.6. The molecular weight excluding hydrogens is 328 g/mol. The minimum absolute atomic E-state index is 0.0155. The molecule has 2 aliphatic rings. The van der Waals surface area contributed by atoms with E-state index in [-0.39, 0.29) is 11.4 Å². The van der Waals surface area contributed by atoms with Crippen molar-refractivity contribution in [1.29, 1.82) is 0 Å². The van der Waals surface area contributed by atoms with Gasteiger partial charge in [0, 0.05) is 37.9 Å². The molecule has 1 aliphatic carbocycles. The van der Waals surface area contributed by atoms with Crippen LogP contribution in [0.25, 0.3) is 0 Å². The summed E-state index contributed by atoms with van der Waals surface area (Å²) in [4.78, 5) is 15.4. The number of hydrogen-bond acceptors (Lipinski definition) is 4. The average Bonchev–Trinajstić information content (AvgIpc) is 2.87. The van der Waals surface area contributed by atoms with E-state index in [0.717, 1.165) is 51.5 Å². The van der Waals surface area contributed by atoms with Crippen LogP contribution in [0, 0.1) is 6.92 Å². The fourth-order valence-corrected chi connectivity index (χ4v) is 4.45. The summed E-state index contributed by atoms with van der Waals surface area (Å²) >= 11 is 0. The summed E-state index contributed by atoms with van der Waals surface area (Å²) in [5.41, 5.74) is 1.62. The van der Waals surface area contributed by atoms with Crippen molar-refractivity contribution in [2.75, 3.05) is 32.8 Å². The van der Waals surface area contributed by atoms with Gasteiger partial charge in [0.05, 0.1) is 24.5 Å². The van der Waals surface area contributed by atoms with Crippen LogP contribution in [0.4, 0.5) is 0 Å². The van der Waals surface area contributed by atoms with Crippen LogP contribution >= 0.6 is 0 Å². The number of aryl methyl sites for hydroxylation is 2. The van der Waals surface area contributed by atoms with Crippen LogP contribution in [0.5, 0.6) is 0 Å². The maximum absolute atomic E-state index is 12.8. The Bertz CT molecular complexity index is 585. The maximum Gasteiger partial charge on any atom is 0.254 e. The SMILES string of the molecule is CCCn1cc(C(=O)NCC2(N3CCOCC3)CCCCCC2)c(C)n1. The van der Waals surface area contributed by atoms with Gasteiger partial charge in [-0.3, -0.25) is 14.4 Å². The number of hydrogen-bond donors (Lipinski definition) is 1. The Balaban J connectivity index is 1.69. The Morgan fingerprint density at radius 3 is 2.58 bits per heavy atom. The van der Waals surface area contributed by atoms with Crippen molar-refractivity contribution < 1.29 is 9.53 Å². The molecule has 6 heteroatoms. The lowest BCUT2D eigenvalue weighted by molar-refractivity contribution is -0.0281. The number of amides is 1. The fourth-order valence-electron chi connectivity index (χ4n) is 4.45. The number of nitrogens with zero attached hydrogens (tertiary/aromatic N) is 3. The number of carbonyl (C=O) groups excluding carboxylic acids is 1. The van der Waals surface area contributed by atoms with Crippen LogP contribution in [0.1, 0.15) is 67.9 Å². The number of carbonyl (C=O) groups is 1. The van der Waals surface area contributed by atoms with Crippen molar-refractivity contribution in [3.8, 4) is 0 Å². The second-order valence-electron chi connectivity index (χ2n) is 7.81. The molecule has 1 aromatic heterocycles. The van der Waals surface area contributed by atoms with Crippen LogP contribution in [-0.4, -0.2) is 59.0 Å². The highest BCUT2D eigenvalue weighted by molar-refractivity contribution is 5.95. The molecular formula is C20H34N4O2. The summed E-state index contributed by atoms with van der Waals surface area (Å²) in [6.45, 7) is 9.18. The zero-order valence-electron chi connectivity index (χ0n) is 16.4. The Hall–Kier alpha value is -1.40. The van der Waals surface area contributed by atoms with Gasteiger partial charge in [-0.05, 0) is 26.2 Å². The fraction of sp³-hybridized carbons (Fsp3) is 0.800. The van der Waals surface area contributed by atoms with E-state index in [1.807, 2.05) is 17.8 Å². The highest BCUT2D eigenvalue weighted by Gasteiger charge is 2.38. The summed E-state index contributed by atoms with van der Waals surface area (Å²) in [5, 5.41) is 7.72. The lowest BCUT2D eigenvalue weighted by Crippen LogP contribution is -2.58. The van der Waals surface area contributed by atoms with E-state index in [4.69, 9.17) is 4.74 Å². The van der Waals surface area contributed by atoms with E-state index in [2.05, 4.69) is 22.2 Å². The van der Waals surface area contributed by atoms with Gasteiger partial charge >= 0.3 is 0 Å². The molecule has 6 nitrogen and oxygen atoms in total. The van der Waals surface area contributed by atoms with Gasteiger partial charge in [0.2, 0.25) is 0 Å². The second-order valence-corrected chi connectivity index (χ2v) is 7.81. The van der Waals surface area contributed by atoms with E-state index in [1.165, 1.54) is 38.5 Å². The first-order valence-corrected chi connectivity index (χ1v) is 10.3. The van der Waals surface area contributed by atoms with E-state index in [9.17, 15) is 4.79 Å². The Kier molecular flexibility index (Phi) is 6.70. The second kappa shape index (κ2) is 9.00. The van der Waals surface area contributed by atoms with Crippen LogP contribution in [0.2, 0.25) is 0 Å². The summed E-state index contributed by atoms with van der Waals surface area (Å²) < 4.78 is 7.45. The first-order valence-electron chi connectivity index (χ1n) is 10.3. The van der Waals surface area contributed by atoms with Gasteiger partial charge in [0.1, 0.15) is 0 Å². The Morgan fingerprint density at radius 2 is 1.92 bits per heavy atom. The maximum atomic E-state index is 12.8. The predicted molar refractivity (Wildman–Crippen MR) is 102 cm³/mol. The molecule has 146 valence electrons. The monoisotopic (exact) mass is 362 g/mol. The number of aromatic nitrogens is 2. The standard InChI is InChI=1S/C20H34N4O2/c1-3-10-24-15-18(17(2)22-24)19(25)21-16-20(8-6-4-5-7-9-20)23-11-13-26-14-12-23/h15H,3-14,16H2,1-2H3,(H,21,25). The third kappa shape index (κ3) is 4.46. The zero-order valence-corrected chi connectivity index (χ0v) is 16.4. The number of nitrogens with one attached hydrogen (secondary N) is 1. The quantitative estimate of drug-likeness (QED) is 0.791. The average molecular weight is 363 g/mol. The van der Waals surface area contributed by atoms with Crippen molar-refractivity contribution in [1.82, 2.24) is 20.0 Å². The van der Waals surface area contributed by atoms with Crippen LogP contribution in [0.15, 0.2) is 6.20 Å². The molecule has 1 saturated carbocycles. The number of morpholine rings is 1. The Labute approximate surface area is 157 Å². The molecule has 1 aliphatic heterocycles. The number of rotatable bonds is 6. The summed E-state index contributed by atoms with van der Waals surface area (Å²) in [6, 6.07) is 0. The minimum atomic E-state index is 0.0155. The van der Waals surface area contributed by atoms with Crippen molar-refractivity contribution in [3.63, 3.8) is 0 Å². The summed E-state index contributed by atoms with van der Waals surface area (Å²) in [5.74, 6) is 0.0155. The number of ether oxygens (including phenoxy) is 1. The van der Waals surface area contributed by atoms with E-state index in [1.54, 1.807) is 0 Å². The molecule has 1 N–H and O–H groups in total. The van der Waals surface area contributed by atoms with Crippen LogP contribution in [-0.2, 0) is 11.3 Å². The molecule has 26 heavy (non-hydrogen) atoms. The lowest BCUT2D eigenvalue weighted by Gasteiger charge is -2.45. The van der Waals surface area contributed by atoms with Crippen LogP contribution in [0.3, 0.4) is 0 Å². The van der Waals surface area contributed by atoms with Crippen LogP contribution < -0.4 is 5.32 Å². The van der Waals surface area contributed by atoms with Gasteiger partial charge in [-0.2, -0.15) is 5.10 Å². The molecule has 0 atom stereocenters. The molecule has 2 heterocycles. The van der Waals surface area contributed by atoms with E-state index >= 15 is 0 Å². The van der Waals surface area contributed by atoms with Gasteiger partial charge in [0.15, 0.2) is 0 Å². The molecule has 0 unspecified atom stereocenters. The smallest absolute Gasteiger partial charge is 0.254 e. The van der Waals surface area contributed by atoms with Crippen molar-refractivity contribution >= 4 is 5.91 Å². The normalized spacial score (nSPS) is 21.3. The molecule has 3 rings (SSSR count). The third-order valence-corrected chi connectivity index (χ3v) is 5.94. The summed E-state index contributed by atoms with van der Waals surface area (Å²) in [6.07, 6.45) is 10.4. The molecule has 2 fully saturated rings. The van der Waals surface area contributed by atoms with Gasteiger partial charge in [0.25, 0.3) is 5.91 Å².